The summed E-state index contributed by atoms with van der Waals surface area (Å²) >= 11 is 0. The minimum atomic E-state index is -4.68. The number of aromatic nitrogens is 3. The van der Waals surface area contributed by atoms with Gasteiger partial charge < -0.3 is 10.6 Å². The molecule has 2 aromatic rings. The van der Waals surface area contributed by atoms with Gasteiger partial charge in [-0.05, 0) is 6.07 Å². The largest absolute Gasteiger partial charge is 0.453 e. The molecule has 0 fully saturated rings. The summed E-state index contributed by atoms with van der Waals surface area (Å²) in [5, 5.41) is 20.2. The SMILES string of the molecule is O=C(NCc1nc(C(F)(F)F)n[nH]1)Nc1cccc([N+](=O)[O-])c1. The van der Waals surface area contributed by atoms with Crippen LogP contribution < -0.4 is 10.6 Å². The first kappa shape index (κ1) is 16.2. The van der Waals surface area contributed by atoms with Crippen molar-refractivity contribution in [3.05, 3.63) is 46.0 Å². The number of H-pyrrole nitrogens is 1. The Hall–Kier alpha value is -3.18. The maximum atomic E-state index is 12.3. The number of non-ortho nitro benzene ring substituents is 1. The molecule has 0 bridgehead atoms. The fourth-order valence-electron chi connectivity index (χ4n) is 1.54. The molecule has 0 spiro atoms. The minimum absolute atomic E-state index is 0.158. The van der Waals surface area contributed by atoms with E-state index in [1.807, 2.05) is 5.10 Å². The predicted octanol–water partition coefficient (Wildman–Crippen LogP) is 2.05. The number of nitrogens with zero attached hydrogens (tertiary/aromatic N) is 3. The number of carbonyl (C=O) groups excluding carboxylic acids is 1. The number of benzene rings is 1. The van der Waals surface area contributed by atoms with Gasteiger partial charge in [-0.15, -0.1) is 5.10 Å². The lowest BCUT2D eigenvalue weighted by atomic mass is 10.3. The number of nitrogens with one attached hydrogen (secondary N) is 3. The Morgan fingerprint density at radius 2 is 2.13 bits per heavy atom. The molecule has 0 aliphatic carbocycles. The molecular weight excluding hydrogens is 321 g/mol. The van der Waals surface area contributed by atoms with E-state index in [2.05, 4.69) is 20.7 Å². The third-order valence-corrected chi connectivity index (χ3v) is 2.52. The fraction of sp³-hybridized carbons (Fsp3) is 0.182. The highest BCUT2D eigenvalue weighted by atomic mass is 19.4. The molecule has 0 saturated carbocycles. The minimum Gasteiger partial charge on any atom is -0.331 e. The second kappa shape index (κ2) is 6.29. The highest BCUT2D eigenvalue weighted by Gasteiger charge is 2.35. The first-order valence-electron chi connectivity index (χ1n) is 6.03. The Morgan fingerprint density at radius 3 is 2.74 bits per heavy atom. The van der Waals surface area contributed by atoms with E-state index in [1.165, 1.54) is 18.2 Å². The number of amides is 2. The first-order chi connectivity index (χ1) is 10.8. The van der Waals surface area contributed by atoms with Crippen LogP contribution >= 0.6 is 0 Å². The molecule has 0 aliphatic rings. The number of hydrogen-bond acceptors (Lipinski definition) is 5. The van der Waals surface area contributed by atoms with Gasteiger partial charge in [-0.1, -0.05) is 6.07 Å². The van der Waals surface area contributed by atoms with Gasteiger partial charge in [-0.25, -0.2) is 9.78 Å². The molecule has 3 N–H and O–H groups in total. The van der Waals surface area contributed by atoms with Crippen molar-refractivity contribution >= 4 is 17.4 Å². The Balaban J connectivity index is 1.91. The zero-order chi connectivity index (χ0) is 17.0. The van der Waals surface area contributed by atoms with Crippen LogP contribution in [0.3, 0.4) is 0 Å². The summed E-state index contributed by atoms with van der Waals surface area (Å²) in [6.07, 6.45) is -4.68. The highest BCUT2D eigenvalue weighted by molar-refractivity contribution is 5.89. The van der Waals surface area contributed by atoms with Gasteiger partial charge in [0.25, 0.3) is 11.5 Å². The highest BCUT2D eigenvalue weighted by Crippen LogP contribution is 2.25. The van der Waals surface area contributed by atoms with E-state index in [4.69, 9.17) is 0 Å². The van der Waals surface area contributed by atoms with Crippen molar-refractivity contribution in [3.63, 3.8) is 0 Å². The van der Waals surface area contributed by atoms with Gasteiger partial charge in [-0.3, -0.25) is 15.2 Å². The van der Waals surface area contributed by atoms with Crippen molar-refractivity contribution in [2.75, 3.05) is 5.32 Å². The Morgan fingerprint density at radius 1 is 1.39 bits per heavy atom. The smallest absolute Gasteiger partial charge is 0.331 e. The van der Waals surface area contributed by atoms with E-state index in [1.54, 1.807) is 0 Å². The van der Waals surface area contributed by atoms with Crippen molar-refractivity contribution in [1.29, 1.82) is 0 Å². The van der Waals surface area contributed by atoms with Crippen LogP contribution in [0.4, 0.5) is 29.3 Å². The van der Waals surface area contributed by atoms with Gasteiger partial charge >= 0.3 is 12.2 Å². The summed E-state index contributed by atoms with van der Waals surface area (Å²) in [5.41, 5.74) is -0.0573. The standard InChI is InChI=1S/C11H9F3N6O3/c12-11(13,14)9-17-8(18-19-9)5-15-10(21)16-6-2-1-3-7(4-6)20(22)23/h1-4H,5H2,(H2,15,16,21)(H,17,18,19). The van der Waals surface area contributed by atoms with Gasteiger partial charge in [0.2, 0.25) is 0 Å². The van der Waals surface area contributed by atoms with E-state index >= 15 is 0 Å². The molecule has 2 amide bonds. The van der Waals surface area contributed by atoms with Crippen LogP contribution in [0.5, 0.6) is 0 Å². The zero-order valence-corrected chi connectivity index (χ0v) is 11.2. The molecule has 122 valence electrons. The molecular formula is C11H9F3N6O3. The van der Waals surface area contributed by atoms with Gasteiger partial charge in [-0.2, -0.15) is 13.2 Å². The van der Waals surface area contributed by atoms with Crippen LogP contribution in [0.15, 0.2) is 24.3 Å². The van der Waals surface area contributed by atoms with Crippen molar-refractivity contribution in [2.24, 2.45) is 0 Å². The summed E-state index contributed by atoms with van der Waals surface area (Å²) in [7, 11) is 0. The number of nitro groups is 1. The van der Waals surface area contributed by atoms with Crippen molar-refractivity contribution in [1.82, 2.24) is 20.5 Å². The third kappa shape index (κ3) is 4.39. The summed E-state index contributed by atoms with van der Waals surface area (Å²) in [5.74, 6) is -1.53. The number of nitro benzene ring substituents is 1. The molecule has 2 rings (SSSR count). The van der Waals surface area contributed by atoms with Crippen LogP contribution in [0.2, 0.25) is 0 Å². The van der Waals surface area contributed by atoms with Crippen LogP contribution in [0, 0.1) is 10.1 Å². The molecule has 0 aliphatic heterocycles. The molecule has 1 aromatic heterocycles. The molecule has 0 unspecified atom stereocenters. The van der Waals surface area contributed by atoms with E-state index in [9.17, 15) is 28.1 Å². The number of hydrogen-bond donors (Lipinski definition) is 3. The van der Waals surface area contributed by atoms with E-state index in [-0.39, 0.29) is 23.7 Å². The van der Waals surface area contributed by atoms with E-state index in [0.29, 0.717) is 0 Å². The number of alkyl halides is 3. The average Bonchev–Trinajstić information content (AvgIpc) is 2.94. The van der Waals surface area contributed by atoms with Crippen molar-refractivity contribution in [3.8, 4) is 0 Å². The first-order valence-corrected chi connectivity index (χ1v) is 6.03. The molecule has 0 radical (unpaired) electrons. The second-order valence-electron chi connectivity index (χ2n) is 4.22. The number of rotatable bonds is 4. The fourth-order valence-corrected chi connectivity index (χ4v) is 1.54. The molecule has 1 aromatic carbocycles. The second-order valence-corrected chi connectivity index (χ2v) is 4.22. The number of halogens is 3. The number of urea groups is 1. The lowest BCUT2D eigenvalue weighted by molar-refractivity contribution is -0.384. The lowest BCUT2D eigenvalue weighted by Crippen LogP contribution is -2.28. The summed E-state index contributed by atoms with van der Waals surface area (Å²) in [6.45, 7) is -0.330. The molecule has 9 nitrogen and oxygen atoms in total. The quantitative estimate of drug-likeness (QED) is 0.584. The molecule has 0 saturated heterocycles. The predicted molar refractivity (Wildman–Crippen MR) is 70.3 cm³/mol. The molecule has 23 heavy (non-hydrogen) atoms. The third-order valence-electron chi connectivity index (χ3n) is 2.52. The topological polar surface area (TPSA) is 126 Å². The average molecular weight is 330 g/mol. The van der Waals surface area contributed by atoms with Crippen LogP contribution in [-0.2, 0) is 12.7 Å². The van der Waals surface area contributed by atoms with Crippen LogP contribution in [0.1, 0.15) is 11.6 Å². The number of aromatic amines is 1. The lowest BCUT2D eigenvalue weighted by Gasteiger charge is -2.06. The van der Waals surface area contributed by atoms with Gasteiger partial charge in [0.05, 0.1) is 11.5 Å². The van der Waals surface area contributed by atoms with Crippen molar-refractivity contribution < 1.29 is 22.9 Å². The van der Waals surface area contributed by atoms with Crippen LogP contribution in [-0.4, -0.2) is 26.1 Å². The molecule has 1 heterocycles. The normalized spacial score (nSPS) is 11.1. The monoisotopic (exact) mass is 330 g/mol. The van der Waals surface area contributed by atoms with E-state index < -0.39 is 23.0 Å². The Labute approximate surface area is 126 Å². The summed E-state index contributed by atoms with van der Waals surface area (Å²) in [4.78, 5) is 24.7. The summed E-state index contributed by atoms with van der Waals surface area (Å²) in [6, 6.07) is 4.41. The summed E-state index contributed by atoms with van der Waals surface area (Å²) < 4.78 is 36.9. The number of anilines is 1. The maximum absolute atomic E-state index is 12.3. The van der Waals surface area contributed by atoms with Gasteiger partial charge in [0.15, 0.2) is 0 Å². The van der Waals surface area contributed by atoms with E-state index in [0.717, 1.165) is 6.07 Å². The van der Waals surface area contributed by atoms with Crippen LogP contribution in [0.25, 0.3) is 0 Å². The Bertz CT molecular complexity index is 730. The van der Waals surface area contributed by atoms with Crippen molar-refractivity contribution in [2.45, 2.75) is 12.7 Å². The molecule has 12 heteroatoms. The van der Waals surface area contributed by atoms with Gasteiger partial charge in [0.1, 0.15) is 5.82 Å². The Kier molecular flexibility index (Phi) is 4.43. The maximum Gasteiger partial charge on any atom is 0.453 e. The number of carbonyl (C=O) groups is 1. The van der Waals surface area contributed by atoms with Gasteiger partial charge in [0, 0.05) is 17.8 Å². The zero-order valence-electron chi connectivity index (χ0n) is 11.2. The molecule has 0 atom stereocenters.